The van der Waals surface area contributed by atoms with Crippen LogP contribution in [0.15, 0.2) is 35.4 Å². The van der Waals surface area contributed by atoms with Crippen molar-refractivity contribution >= 4 is 23.3 Å². The van der Waals surface area contributed by atoms with Crippen molar-refractivity contribution in [3.05, 3.63) is 42.0 Å². The van der Waals surface area contributed by atoms with Crippen molar-refractivity contribution in [3.63, 3.8) is 0 Å². The predicted octanol–water partition coefficient (Wildman–Crippen LogP) is 3.95. The molecule has 6 nitrogen and oxygen atoms in total. The van der Waals surface area contributed by atoms with E-state index >= 15 is 0 Å². The van der Waals surface area contributed by atoms with Crippen molar-refractivity contribution in [1.82, 2.24) is 24.7 Å². The highest BCUT2D eigenvalue weighted by Crippen LogP contribution is 2.28. The van der Waals surface area contributed by atoms with Gasteiger partial charge in [0.15, 0.2) is 23.1 Å². The topological polar surface area (TPSA) is 63.4 Å². The second-order valence-corrected chi connectivity index (χ2v) is 8.22. The van der Waals surface area contributed by atoms with Gasteiger partial charge in [-0.1, -0.05) is 18.7 Å². The van der Waals surface area contributed by atoms with Gasteiger partial charge >= 0.3 is 0 Å². The highest BCUT2D eigenvalue weighted by atomic mass is 32.2. The molecule has 9 heteroatoms. The molecule has 0 spiro atoms. The van der Waals surface area contributed by atoms with E-state index in [0.29, 0.717) is 28.5 Å². The molecule has 0 saturated carbocycles. The standard InChI is InChI=1S/C20H21F2N5OS/c1-2-16(20(28)26-10-4-3-5-11-26)29-18-9-8-17-23-24-19(27(17)25-18)13-6-7-14(21)15(22)12-13/h6-9,12,16H,2-5,10-11H2,1H3/t16-/m1/s1. The number of likely N-dealkylation sites (tertiary alicyclic amines) is 1. The maximum absolute atomic E-state index is 13.6. The van der Waals surface area contributed by atoms with Crippen molar-refractivity contribution in [3.8, 4) is 11.4 Å². The minimum absolute atomic E-state index is 0.142. The Labute approximate surface area is 171 Å². The highest BCUT2D eigenvalue weighted by molar-refractivity contribution is 8.00. The van der Waals surface area contributed by atoms with E-state index in [1.807, 2.05) is 11.8 Å². The number of carbonyl (C=O) groups is 1. The quantitative estimate of drug-likeness (QED) is 0.588. The number of fused-ring (bicyclic) bond motifs is 1. The molecule has 4 rings (SSSR count). The summed E-state index contributed by atoms with van der Waals surface area (Å²) in [5.41, 5.74) is 0.868. The second kappa shape index (κ2) is 8.44. The maximum Gasteiger partial charge on any atom is 0.236 e. The number of halogens is 2. The molecule has 3 heterocycles. The summed E-state index contributed by atoms with van der Waals surface area (Å²) in [6.45, 7) is 3.62. The van der Waals surface area contributed by atoms with Gasteiger partial charge in [0.1, 0.15) is 5.03 Å². The molecule has 1 fully saturated rings. The van der Waals surface area contributed by atoms with E-state index in [4.69, 9.17) is 0 Å². The highest BCUT2D eigenvalue weighted by Gasteiger charge is 2.26. The van der Waals surface area contributed by atoms with Crippen LogP contribution in [0, 0.1) is 11.6 Å². The fourth-order valence-corrected chi connectivity index (χ4v) is 4.41. The van der Waals surface area contributed by atoms with E-state index in [1.54, 1.807) is 12.1 Å². The summed E-state index contributed by atoms with van der Waals surface area (Å²) in [6, 6.07) is 7.11. The molecule has 0 N–H and O–H groups in total. The Hall–Kier alpha value is -2.55. The van der Waals surface area contributed by atoms with Gasteiger partial charge in [-0.25, -0.2) is 8.78 Å². The van der Waals surface area contributed by atoms with E-state index in [9.17, 15) is 13.6 Å². The van der Waals surface area contributed by atoms with Crippen molar-refractivity contribution in [1.29, 1.82) is 0 Å². The number of hydrogen-bond donors (Lipinski definition) is 0. The molecule has 29 heavy (non-hydrogen) atoms. The van der Waals surface area contributed by atoms with Gasteiger partial charge in [-0.2, -0.15) is 9.61 Å². The zero-order valence-electron chi connectivity index (χ0n) is 16.0. The number of thioether (sulfide) groups is 1. The van der Waals surface area contributed by atoms with Gasteiger partial charge in [-0.15, -0.1) is 10.2 Å². The largest absolute Gasteiger partial charge is 0.342 e. The lowest BCUT2D eigenvalue weighted by molar-refractivity contribution is -0.131. The number of piperidine rings is 1. The molecule has 1 aliphatic rings. The van der Waals surface area contributed by atoms with Crippen LogP contribution in [0.5, 0.6) is 0 Å². The molecule has 0 aliphatic carbocycles. The van der Waals surface area contributed by atoms with Gasteiger partial charge in [0.25, 0.3) is 0 Å². The Morgan fingerprint density at radius 2 is 1.90 bits per heavy atom. The molecule has 3 aromatic rings. The zero-order valence-corrected chi connectivity index (χ0v) is 16.8. The molecule has 1 atom stereocenters. The van der Waals surface area contributed by atoms with E-state index in [-0.39, 0.29) is 11.2 Å². The summed E-state index contributed by atoms with van der Waals surface area (Å²) < 4.78 is 28.4. The normalized spacial score (nSPS) is 15.6. The predicted molar refractivity (Wildman–Crippen MR) is 107 cm³/mol. The van der Waals surface area contributed by atoms with Crippen LogP contribution in [-0.4, -0.2) is 49.0 Å². The average Bonchev–Trinajstić information content (AvgIpc) is 3.17. The summed E-state index contributed by atoms with van der Waals surface area (Å²) in [6.07, 6.45) is 3.97. The van der Waals surface area contributed by atoms with Gasteiger partial charge in [0, 0.05) is 18.7 Å². The van der Waals surface area contributed by atoms with E-state index in [0.717, 1.165) is 38.1 Å². The summed E-state index contributed by atoms with van der Waals surface area (Å²) in [5.74, 6) is -1.42. The molecular formula is C20H21F2N5OS. The lowest BCUT2D eigenvalue weighted by Crippen LogP contribution is -2.40. The zero-order chi connectivity index (χ0) is 20.4. The van der Waals surface area contributed by atoms with Gasteiger partial charge < -0.3 is 4.90 Å². The fraction of sp³-hybridized carbons (Fsp3) is 0.400. The number of hydrogen-bond acceptors (Lipinski definition) is 5. The third-order valence-electron chi connectivity index (χ3n) is 4.99. The lowest BCUT2D eigenvalue weighted by Gasteiger charge is -2.29. The van der Waals surface area contributed by atoms with Gasteiger partial charge in [-0.05, 0) is 56.0 Å². The second-order valence-electron chi connectivity index (χ2n) is 6.99. The maximum atomic E-state index is 13.6. The van der Waals surface area contributed by atoms with Crippen LogP contribution in [0.4, 0.5) is 8.78 Å². The van der Waals surface area contributed by atoms with Crippen LogP contribution < -0.4 is 0 Å². The SMILES string of the molecule is CC[C@@H](Sc1ccc2nnc(-c3ccc(F)c(F)c3)n2n1)C(=O)N1CCCCC1. The Bertz CT molecular complexity index is 1030. The summed E-state index contributed by atoms with van der Waals surface area (Å²) >= 11 is 1.41. The molecule has 1 saturated heterocycles. The molecule has 0 unspecified atom stereocenters. The molecule has 0 bridgehead atoms. The number of nitrogens with zero attached hydrogens (tertiary/aromatic N) is 5. The Morgan fingerprint density at radius 3 is 2.62 bits per heavy atom. The van der Waals surface area contributed by atoms with Crippen LogP contribution >= 0.6 is 11.8 Å². The van der Waals surface area contributed by atoms with Crippen molar-refractivity contribution < 1.29 is 13.6 Å². The Morgan fingerprint density at radius 1 is 1.10 bits per heavy atom. The summed E-state index contributed by atoms with van der Waals surface area (Å²) in [5, 5.41) is 13.1. The van der Waals surface area contributed by atoms with Crippen LogP contribution in [0.2, 0.25) is 0 Å². The lowest BCUT2D eigenvalue weighted by atomic mass is 10.1. The third kappa shape index (κ3) is 4.10. The molecule has 1 aliphatic heterocycles. The minimum atomic E-state index is -0.956. The summed E-state index contributed by atoms with van der Waals surface area (Å²) in [4.78, 5) is 14.8. The van der Waals surface area contributed by atoms with Gasteiger partial charge in [0.2, 0.25) is 5.91 Å². The Balaban J connectivity index is 1.60. The van der Waals surface area contributed by atoms with E-state index in [1.165, 1.54) is 28.8 Å². The minimum Gasteiger partial charge on any atom is -0.342 e. The number of rotatable bonds is 5. The molecular weight excluding hydrogens is 396 g/mol. The molecule has 0 radical (unpaired) electrons. The van der Waals surface area contributed by atoms with Gasteiger partial charge in [-0.3, -0.25) is 4.79 Å². The first-order valence-electron chi connectivity index (χ1n) is 9.70. The van der Waals surface area contributed by atoms with Crippen LogP contribution in [-0.2, 0) is 4.79 Å². The number of aromatic nitrogens is 4. The van der Waals surface area contributed by atoms with Crippen molar-refractivity contribution in [2.75, 3.05) is 13.1 Å². The Kier molecular flexibility index (Phi) is 5.75. The summed E-state index contributed by atoms with van der Waals surface area (Å²) in [7, 11) is 0. The monoisotopic (exact) mass is 417 g/mol. The van der Waals surface area contributed by atoms with Crippen molar-refractivity contribution in [2.24, 2.45) is 0 Å². The molecule has 2 aromatic heterocycles. The van der Waals surface area contributed by atoms with Crippen LogP contribution in [0.3, 0.4) is 0 Å². The first-order chi connectivity index (χ1) is 14.1. The number of amides is 1. The van der Waals surface area contributed by atoms with E-state index in [2.05, 4.69) is 15.3 Å². The number of benzene rings is 1. The van der Waals surface area contributed by atoms with E-state index < -0.39 is 11.6 Å². The van der Waals surface area contributed by atoms with Crippen molar-refractivity contribution in [2.45, 2.75) is 42.9 Å². The first-order valence-corrected chi connectivity index (χ1v) is 10.6. The average molecular weight is 417 g/mol. The molecule has 1 amide bonds. The smallest absolute Gasteiger partial charge is 0.236 e. The third-order valence-corrected chi connectivity index (χ3v) is 6.27. The van der Waals surface area contributed by atoms with Gasteiger partial charge in [0.05, 0.1) is 5.25 Å². The number of carbonyl (C=O) groups excluding carboxylic acids is 1. The molecule has 1 aromatic carbocycles. The van der Waals surface area contributed by atoms with Crippen LogP contribution in [0.1, 0.15) is 32.6 Å². The fourth-order valence-electron chi connectivity index (χ4n) is 3.42. The first kappa shape index (κ1) is 19.8. The van der Waals surface area contributed by atoms with Crippen LogP contribution in [0.25, 0.3) is 17.0 Å². The molecule has 152 valence electrons.